The minimum Gasteiger partial charge on any atom is -0.368 e. The van der Waals surface area contributed by atoms with Crippen LogP contribution in [-0.4, -0.2) is 60.0 Å². The Morgan fingerprint density at radius 3 is 2.91 bits per heavy atom. The number of aromatic nitrogens is 2. The molecule has 0 spiro atoms. The fourth-order valence-corrected chi connectivity index (χ4v) is 3.62. The van der Waals surface area contributed by atoms with Crippen molar-refractivity contribution >= 4 is 17.7 Å². The third kappa shape index (κ3) is 3.09. The standard InChI is InChI=1S/C15H25N7O/c1-9-7-12(19-15(16)18-9)22-6-4-5-11(22)13-10(8-17-20-13)14(23)21(2)3/h7,10-11,13,17,20H,4-6,8H2,1-3H3,(H2,16,18,19). The van der Waals surface area contributed by atoms with Crippen LogP contribution in [-0.2, 0) is 4.79 Å². The topological polar surface area (TPSA) is 99.4 Å². The predicted molar refractivity (Wildman–Crippen MR) is 88.7 cm³/mol. The molecule has 23 heavy (non-hydrogen) atoms. The van der Waals surface area contributed by atoms with Crippen LogP contribution in [0.4, 0.5) is 11.8 Å². The number of carbonyl (C=O) groups is 1. The molecule has 3 rings (SSSR count). The van der Waals surface area contributed by atoms with Gasteiger partial charge in [0.15, 0.2) is 0 Å². The first-order valence-corrected chi connectivity index (χ1v) is 8.04. The number of nitrogens with zero attached hydrogens (tertiary/aromatic N) is 4. The van der Waals surface area contributed by atoms with E-state index >= 15 is 0 Å². The van der Waals surface area contributed by atoms with E-state index in [-0.39, 0.29) is 23.9 Å². The lowest BCUT2D eigenvalue weighted by Crippen LogP contribution is -2.51. The zero-order valence-electron chi connectivity index (χ0n) is 13.9. The molecule has 2 fully saturated rings. The number of rotatable bonds is 3. The number of hydrogen-bond donors (Lipinski definition) is 3. The molecule has 3 heterocycles. The first-order chi connectivity index (χ1) is 11.0. The average Bonchev–Trinajstić information content (AvgIpc) is 3.13. The molecule has 8 heteroatoms. The number of nitrogens with one attached hydrogen (secondary N) is 2. The predicted octanol–water partition coefficient (Wildman–Crippen LogP) is -0.483. The van der Waals surface area contributed by atoms with E-state index in [1.165, 1.54) is 0 Å². The highest BCUT2D eigenvalue weighted by atomic mass is 16.2. The highest BCUT2D eigenvalue weighted by Gasteiger charge is 2.43. The molecule has 126 valence electrons. The normalized spacial score (nSPS) is 27.4. The van der Waals surface area contributed by atoms with Crippen molar-refractivity contribution in [3.8, 4) is 0 Å². The van der Waals surface area contributed by atoms with Gasteiger partial charge >= 0.3 is 0 Å². The van der Waals surface area contributed by atoms with Gasteiger partial charge in [-0.2, -0.15) is 4.98 Å². The van der Waals surface area contributed by atoms with Crippen molar-refractivity contribution in [2.45, 2.75) is 31.8 Å². The Labute approximate surface area is 136 Å². The molecular weight excluding hydrogens is 294 g/mol. The molecule has 3 unspecified atom stereocenters. The van der Waals surface area contributed by atoms with Gasteiger partial charge in [0.2, 0.25) is 11.9 Å². The maximum Gasteiger partial charge on any atom is 0.228 e. The maximum atomic E-state index is 12.4. The van der Waals surface area contributed by atoms with Gasteiger partial charge in [-0.1, -0.05) is 0 Å². The van der Waals surface area contributed by atoms with Gasteiger partial charge in [-0.3, -0.25) is 15.6 Å². The Morgan fingerprint density at radius 2 is 2.22 bits per heavy atom. The maximum absolute atomic E-state index is 12.4. The van der Waals surface area contributed by atoms with Gasteiger partial charge in [0, 0.05) is 45.0 Å². The van der Waals surface area contributed by atoms with Crippen molar-refractivity contribution < 1.29 is 4.79 Å². The van der Waals surface area contributed by atoms with Crippen LogP contribution in [0.3, 0.4) is 0 Å². The molecule has 3 atom stereocenters. The van der Waals surface area contributed by atoms with E-state index in [2.05, 4.69) is 25.7 Å². The first kappa shape index (κ1) is 15.9. The Hall–Kier alpha value is -1.93. The Morgan fingerprint density at radius 1 is 1.43 bits per heavy atom. The summed E-state index contributed by atoms with van der Waals surface area (Å²) in [7, 11) is 3.61. The van der Waals surface area contributed by atoms with Gasteiger partial charge in [0.25, 0.3) is 0 Å². The summed E-state index contributed by atoms with van der Waals surface area (Å²) >= 11 is 0. The number of hydrazine groups is 1. The molecule has 1 amide bonds. The second-order valence-electron chi connectivity index (χ2n) is 6.52. The minimum absolute atomic E-state index is 0.0592. The molecule has 2 saturated heterocycles. The lowest BCUT2D eigenvalue weighted by atomic mass is 9.92. The van der Waals surface area contributed by atoms with Gasteiger partial charge in [0.05, 0.1) is 12.0 Å². The Kier molecular flexibility index (Phi) is 4.36. The van der Waals surface area contributed by atoms with E-state index in [9.17, 15) is 4.79 Å². The van der Waals surface area contributed by atoms with Gasteiger partial charge in [-0.05, 0) is 19.8 Å². The number of carbonyl (C=O) groups excluding carboxylic acids is 1. The number of nitrogens with two attached hydrogens (primary N) is 1. The van der Waals surface area contributed by atoms with Crippen molar-refractivity contribution in [3.05, 3.63) is 11.8 Å². The molecule has 2 aliphatic rings. The van der Waals surface area contributed by atoms with E-state index in [0.717, 1.165) is 30.9 Å². The molecule has 0 aliphatic carbocycles. The van der Waals surface area contributed by atoms with E-state index in [1.54, 1.807) is 19.0 Å². The monoisotopic (exact) mass is 319 g/mol. The number of anilines is 2. The molecule has 0 radical (unpaired) electrons. The van der Waals surface area contributed by atoms with E-state index in [1.807, 2.05) is 13.0 Å². The van der Waals surface area contributed by atoms with Crippen LogP contribution in [0.5, 0.6) is 0 Å². The Bertz CT molecular complexity index is 571. The SMILES string of the molecule is Cc1cc(N2CCCC2C2NNCC2C(=O)N(C)C)nc(N)n1. The summed E-state index contributed by atoms with van der Waals surface area (Å²) < 4.78 is 0. The fraction of sp³-hybridized carbons (Fsp3) is 0.667. The van der Waals surface area contributed by atoms with Crippen LogP contribution < -0.4 is 21.5 Å². The lowest BCUT2D eigenvalue weighted by Gasteiger charge is -2.33. The lowest BCUT2D eigenvalue weighted by molar-refractivity contribution is -0.132. The summed E-state index contributed by atoms with van der Waals surface area (Å²) in [6, 6.07) is 2.23. The van der Waals surface area contributed by atoms with Gasteiger partial charge in [-0.15, -0.1) is 0 Å². The summed E-state index contributed by atoms with van der Waals surface area (Å²) in [6.07, 6.45) is 2.11. The second kappa shape index (κ2) is 6.29. The summed E-state index contributed by atoms with van der Waals surface area (Å²) in [6.45, 7) is 3.49. The van der Waals surface area contributed by atoms with Crippen LogP contribution in [0.1, 0.15) is 18.5 Å². The average molecular weight is 319 g/mol. The van der Waals surface area contributed by atoms with Crippen LogP contribution in [0, 0.1) is 12.8 Å². The summed E-state index contributed by atoms with van der Waals surface area (Å²) in [5, 5.41) is 0. The second-order valence-corrected chi connectivity index (χ2v) is 6.52. The first-order valence-electron chi connectivity index (χ1n) is 8.04. The number of hydrogen-bond acceptors (Lipinski definition) is 7. The van der Waals surface area contributed by atoms with E-state index in [0.29, 0.717) is 12.5 Å². The molecule has 0 aromatic carbocycles. The summed E-state index contributed by atoms with van der Waals surface area (Å²) in [4.78, 5) is 24.9. The molecule has 2 aliphatic heterocycles. The highest BCUT2D eigenvalue weighted by molar-refractivity contribution is 5.80. The van der Waals surface area contributed by atoms with Crippen molar-refractivity contribution in [2.24, 2.45) is 5.92 Å². The minimum atomic E-state index is -0.0733. The number of amides is 1. The smallest absolute Gasteiger partial charge is 0.228 e. The van der Waals surface area contributed by atoms with Crippen molar-refractivity contribution in [2.75, 3.05) is 37.8 Å². The largest absolute Gasteiger partial charge is 0.368 e. The number of nitrogen functional groups attached to an aromatic ring is 1. The molecule has 0 bridgehead atoms. The quantitative estimate of drug-likeness (QED) is 0.692. The van der Waals surface area contributed by atoms with Crippen LogP contribution in [0.15, 0.2) is 6.07 Å². The molecule has 8 nitrogen and oxygen atoms in total. The molecule has 0 saturated carbocycles. The van der Waals surface area contributed by atoms with Gasteiger partial charge in [0.1, 0.15) is 5.82 Å². The molecular formula is C15H25N7O. The molecule has 1 aromatic heterocycles. The van der Waals surface area contributed by atoms with Gasteiger partial charge < -0.3 is 15.5 Å². The van der Waals surface area contributed by atoms with E-state index < -0.39 is 0 Å². The molecule has 1 aromatic rings. The van der Waals surface area contributed by atoms with Crippen molar-refractivity contribution in [1.82, 2.24) is 25.7 Å². The summed E-state index contributed by atoms with van der Waals surface area (Å²) in [5.74, 6) is 1.22. The Balaban J connectivity index is 1.85. The zero-order chi connectivity index (χ0) is 16.6. The molecule has 4 N–H and O–H groups in total. The third-order valence-corrected chi connectivity index (χ3v) is 4.65. The van der Waals surface area contributed by atoms with Crippen LogP contribution in [0.25, 0.3) is 0 Å². The van der Waals surface area contributed by atoms with Crippen LogP contribution >= 0.6 is 0 Å². The third-order valence-electron chi connectivity index (χ3n) is 4.65. The fourth-order valence-electron chi connectivity index (χ4n) is 3.62. The van der Waals surface area contributed by atoms with Crippen LogP contribution in [0.2, 0.25) is 0 Å². The van der Waals surface area contributed by atoms with Crippen molar-refractivity contribution in [1.29, 1.82) is 0 Å². The van der Waals surface area contributed by atoms with E-state index in [4.69, 9.17) is 5.73 Å². The van der Waals surface area contributed by atoms with Gasteiger partial charge in [-0.25, -0.2) is 4.98 Å². The highest BCUT2D eigenvalue weighted by Crippen LogP contribution is 2.30. The van der Waals surface area contributed by atoms with Crippen molar-refractivity contribution in [3.63, 3.8) is 0 Å². The summed E-state index contributed by atoms with van der Waals surface area (Å²) in [5.41, 5.74) is 13.1. The zero-order valence-corrected chi connectivity index (χ0v) is 13.9. The number of aryl methyl sites for hydroxylation is 1.